The number of hydrogen-bond acceptors (Lipinski definition) is 3. The minimum atomic E-state index is 0.0613. The third-order valence-electron chi connectivity index (χ3n) is 3.53. The van der Waals surface area contributed by atoms with E-state index in [1.54, 1.807) is 10.8 Å². The van der Waals surface area contributed by atoms with Gasteiger partial charge in [-0.15, -0.1) is 0 Å². The van der Waals surface area contributed by atoms with Gasteiger partial charge in [0.15, 0.2) is 0 Å². The van der Waals surface area contributed by atoms with Crippen LogP contribution in [-0.4, -0.2) is 15.3 Å². The smallest absolute Gasteiger partial charge is 0.266 e. The van der Waals surface area contributed by atoms with Crippen molar-refractivity contribution in [2.75, 3.05) is 5.75 Å². The number of nitrogens with zero attached hydrogens (tertiary/aromatic N) is 2. The van der Waals surface area contributed by atoms with Crippen molar-refractivity contribution >= 4 is 35.2 Å². The largest absolute Gasteiger partial charge is 0.295 e. The quantitative estimate of drug-likeness (QED) is 0.643. The van der Waals surface area contributed by atoms with Gasteiger partial charge in [0.1, 0.15) is 5.82 Å². The predicted molar refractivity (Wildman–Crippen MR) is 82.8 cm³/mol. The van der Waals surface area contributed by atoms with Crippen LogP contribution in [0.15, 0.2) is 11.0 Å². The fraction of sp³-hybridized carbons (Fsp3) is 0.667. The zero-order chi connectivity index (χ0) is 13.1. The molecule has 0 saturated carbocycles. The summed E-state index contributed by atoms with van der Waals surface area (Å²) in [7, 11) is 0. The Kier molecular flexibility index (Phi) is 5.50. The molecular weight excluding hydrogens is 347 g/mol. The summed E-state index contributed by atoms with van der Waals surface area (Å²) in [6, 6.07) is 0. The Morgan fingerprint density at radius 2 is 2.06 bits per heavy atom. The molecule has 0 atom stereocenters. The monoisotopic (exact) mass is 366 g/mol. The molecule has 96 valence electrons. The first-order valence-electron chi connectivity index (χ1n) is 5.82. The van der Waals surface area contributed by atoms with Gasteiger partial charge in [0.2, 0.25) is 0 Å². The summed E-state index contributed by atoms with van der Waals surface area (Å²) in [5.74, 6) is 1.57. The lowest BCUT2D eigenvalue weighted by molar-refractivity contribution is 0.251. The van der Waals surface area contributed by atoms with E-state index in [1.165, 1.54) is 0 Å². The number of aromatic nitrogens is 2. The molecule has 0 aliphatic rings. The fourth-order valence-corrected chi connectivity index (χ4v) is 2.80. The Hall–Kier alpha value is -0.0400. The van der Waals surface area contributed by atoms with Crippen LogP contribution in [0.2, 0.25) is 0 Å². The molecule has 0 aliphatic carbocycles. The first-order valence-corrected chi connectivity index (χ1v) is 7.53. The van der Waals surface area contributed by atoms with Crippen LogP contribution in [-0.2, 0) is 6.54 Å². The molecule has 1 heterocycles. The molecule has 3 nitrogen and oxygen atoms in total. The van der Waals surface area contributed by atoms with Crippen molar-refractivity contribution in [1.29, 1.82) is 0 Å². The molecule has 1 aromatic heterocycles. The maximum atomic E-state index is 12.1. The van der Waals surface area contributed by atoms with Gasteiger partial charge >= 0.3 is 0 Å². The summed E-state index contributed by atoms with van der Waals surface area (Å²) in [4.78, 5) is 16.4. The van der Waals surface area contributed by atoms with Crippen molar-refractivity contribution in [2.24, 2.45) is 5.41 Å². The van der Waals surface area contributed by atoms with Gasteiger partial charge in [0.25, 0.3) is 5.56 Å². The molecule has 0 radical (unpaired) electrons. The normalized spacial score (nSPS) is 11.8. The van der Waals surface area contributed by atoms with Crippen molar-refractivity contribution < 1.29 is 0 Å². The molecule has 0 unspecified atom stereocenters. The number of hydrogen-bond donors (Lipinski definition) is 1. The minimum Gasteiger partial charge on any atom is -0.295 e. The molecule has 1 rings (SSSR count). The van der Waals surface area contributed by atoms with E-state index in [2.05, 4.69) is 31.5 Å². The topological polar surface area (TPSA) is 34.9 Å². The summed E-state index contributed by atoms with van der Waals surface area (Å²) in [5.41, 5.74) is 0.148. The lowest BCUT2D eigenvalue weighted by Gasteiger charge is -2.31. The zero-order valence-electron chi connectivity index (χ0n) is 10.5. The highest BCUT2D eigenvalue weighted by molar-refractivity contribution is 14.1. The lowest BCUT2D eigenvalue weighted by atomic mass is 9.84. The van der Waals surface area contributed by atoms with Crippen LogP contribution in [0.3, 0.4) is 0 Å². The third-order valence-corrected chi connectivity index (χ3v) is 4.94. The van der Waals surface area contributed by atoms with Crippen LogP contribution in [0.5, 0.6) is 0 Å². The van der Waals surface area contributed by atoms with Gasteiger partial charge in [-0.05, 0) is 53.5 Å². The number of halogens is 1. The molecule has 0 fully saturated rings. The van der Waals surface area contributed by atoms with E-state index in [-0.39, 0.29) is 11.0 Å². The minimum absolute atomic E-state index is 0.0613. The Bertz CT molecular complexity index is 432. The Balaban J connectivity index is 3.18. The molecule has 0 spiro atoms. The highest BCUT2D eigenvalue weighted by Crippen LogP contribution is 2.29. The van der Waals surface area contributed by atoms with E-state index in [0.29, 0.717) is 10.1 Å². The van der Waals surface area contributed by atoms with E-state index in [0.717, 1.165) is 24.4 Å². The maximum Gasteiger partial charge on any atom is 0.266 e. The van der Waals surface area contributed by atoms with E-state index in [9.17, 15) is 4.79 Å². The van der Waals surface area contributed by atoms with Crippen LogP contribution in [0, 0.1) is 15.9 Å². The van der Waals surface area contributed by atoms with Crippen LogP contribution < -0.4 is 5.56 Å². The summed E-state index contributed by atoms with van der Waals surface area (Å²) < 4.78 is 2.46. The molecule has 0 bridgehead atoms. The zero-order valence-corrected chi connectivity index (χ0v) is 13.6. The van der Waals surface area contributed by atoms with E-state index >= 15 is 0 Å². The van der Waals surface area contributed by atoms with E-state index < -0.39 is 0 Å². The number of aryl methyl sites for hydroxylation is 1. The lowest BCUT2D eigenvalue weighted by Crippen LogP contribution is -2.35. The van der Waals surface area contributed by atoms with Gasteiger partial charge in [-0.1, -0.05) is 13.8 Å². The Morgan fingerprint density at radius 1 is 1.47 bits per heavy atom. The van der Waals surface area contributed by atoms with Crippen LogP contribution in [0.25, 0.3) is 0 Å². The van der Waals surface area contributed by atoms with Gasteiger partial charge < -0.3 is 0 Å². The average molecular weight is 366 g/mol. The molecule has 0 aromatic carbocycles. The van der Waals surface area contributed by atoms with Gasteiger partial charge in [0.05, 0.1) is 3.57 Å². The van der Waals surface area contributed by atoms with E-state index in [4.69, 9.17) is 0 Å². The molecular formula is C12H19IN2OS. The van der Waals surface area contributed by atoms with Crippen LogP contribution in [0.4, 0.5) is 0 Å². The summed E-state index contributed by atoms with van der Waals surface area (Å²) in [6.45, 7) is 6.90. The number of thiol groups is 1. The van der Waals surface area contributed by atoms with Gasteiger partial charge in [-0.25, -0.2) is 4.98 Å². The second kappa shape index (κ2) is 6.22. The number of rotatable bonds is 5. The molecule has 0 saturated heterocycles. The van der Waals surface area contributed by atoms with E-state index in [1.807, 2.05) is 29.5 Å². The molecule has 5 heteroatoms. The van der Waals surface area contributed by atoms with Crippen molar-refractivity contribution in [3.05, 3.63) is 25.9 Å². The Morgan fingerprint density at radius 3 is 2.53 bits per heavy atom. The summed E-state index contributed by atoms with van der Waals surface area (Å²) in [6.07, 6.45) is 3.67. The van der Waals surface area contributed by atoms with Gasteiger partial charge in [-0.3, -0.25) is 9.36 Å². The van der Waals surface area contributed by atoms with Crippen molar-refractivity contribution in [3.8, 4) is 0 Å². The SMILES string of the molecule is CCC(CC)(CS)Cn1c(C)ncc(I)c1=O. The molecule has 0 amide bonds. The standard InChI is InChI=1S/C12H19IN2OS/c1-4-12(5-2,8-17)7-15-9(3)14-6-10(13)11(15)16/h6,17H,4-5,7-8H2,1-3H3. The molecule has 0 aliphatic heterocycles. The summed E-state index contributed by atoms with van der Waals surface area (Å²) in [5, 5.41) is 0. The molecule has 17 heavy (non-hydrogen) atoms. The maximum absolute atomic E-state index is 12.1. The summed E-state index contributed by atoms with van der Waals surface area (Å²) >= 11 is 6.49. The first-order chi connectivity index (χ1) is 7.99. The first kappa shape index (κ1) is 15.0. The average Bonchev–Trinajstić information content (AvgIpc) is 2.36. The van der Waals surface area contributed by atoms with Crippen LogP contribution in [0.1, 0.15) is 32.5 Å². The fourth-order valence-electron chi connectivity index (χ4n) is 1.82. The second-order valence-electron chi connectivity index (χ2n) is 4.41. The molecule has 1 aromatic rings. The van der Waals surface area contributed by atoms with Crippen molar-refractivity contribution in [2.45, 2.75) is 40.2 Å². The predicted octanol–water partition coefficient (Wildman–Crippen LogP) is 2.89. The Labute approximate surface area is 122 Å². The van der Waals surface area contributed by atoms with Gasteiger partial charge in [-0.2, -0.15) is 12.6 Å². The third kappa shape index (κ3) is 3.24. The van der Waals surface area contributed by atoms with Crippen molar-refractivity contribution in [3.63, 3.8) is 0 Å². The highest BCUT2D eigenvalue weighted by atomic mass is 127. The second-order valence-corrected chi connectivity index (χ2v) is 5.89. The van der Waals surface area contributed by atoms with Crippen LogP contribution >= 0.6 is 35.2 Å². The molecule has 0 N–H and O–H groups in total. The van der Waals surface area contributed by atoms with Gasteiger partial charge in [0, 0.05) is 12.7 Å². The highest BCUT2D eigenvalue weighted by Gasteiger charge is 2.26. The van der Waals surface area contributed by atoms with Crippen molar-refractivity contribution in [1.82, 2.24) is 9.55 Å².